The molecule has 0 heterocycles. The first kappa shape index (κ1) is 43.6. The van der Waals surface area contributed by atoms with Crippen LogP contribution in [0.15, 0.2) is 0 Å². The Morgan fingerprint density at radius 1 is 0.216 bits per heavy atom. The van der Waals surface area contributed by atoms with Crippen LogP contribution in [0, 0.1) is 0 Å². The molecule has 0 fully saturated rings. The van der Waals surface area contributed by atoms with Gasteiger partial charge < -0.3 is 61.8 Å². The summed E-state index contributed by atoms with van der Waals surface area (Å²) < 4.78 is 0. The van der Waals surface area contributed by atoms with E-state index in [-0.39, 0.29) is 0 Å². The number of hydrogen-bond donors (Lipinski definition) is 11. The first-order valence-electron chi connectivity index (χ1n) is 14.9. The molecular formula is C26H71N11. The van der Waals surface area contributed by atoms with E-state index in [1.54, 1.807) is 0 Å². The van der Waals surface area contributed by atoms with Crippen LogP contribution in [0.25, 0.3) is 0 Å². The lowest BCUT2D eigenvalue weighted by atomic mass is 10.2. The summed E-state index contributed by atoms with van der Waals surface area (Å²) in [5, 5.41) is 10.0. The van der Waals surface area contributed by atoms with Gasteiger partial charge in [0.25, 0.3) is 0 Å². The van der Waals surface area contributed by atoms with Crippen LogP contribution in [0.3, 0.4) is 0 Å². The van der Waals surface area contributed by atoms with Crippen LogP contribution in [-0.4, -0.2) is 91.6 Å². The molecule has 0 aliphatic heterocycles. The number of nitrogens with two attached hydrogens (primary N) is 8. The third kappa shape index (κ3) is 66.4. The van der Waals surface area contributed by atoms with Crippen molar-refractivity contribution in [2.75, 3.05) is 91.6 Å². The highest BCUT2D eigenvalue weighted by molar-refractivity contribution is 4.53. The predicted molar refractivity (Wildman–Crippen MR) is 166 cm³/mol. The van der Waals surface area contributed by atoms with Crippen LogP contribution < -0.4 is 61.8 Å². The molecule has 0 radical (unpaired) electrons. The molecule has 0 bridgehead atoms. The molecule has 0 spiro atoms. The van der Waals surface area contributed by atoms with Gasteiger partial charge in [-0.05, 0) is 162 Å². The van der Waals surface area contributed by atoms with Crippen molar-refractivity contribution in [2.24, 2.45) is 45.9 Å². The molecule has 0 unspecified atom stereocenters. The third-order valence-electron chi connectivity index (χ3n) is 5.00. The Morgan fingerprint density at radius 2 is 0.405 bits per heavy atom. The minimum atomic E-state index is 0.775. The molecule has 0 aromatic heterocycles. The van der Waals surface area contributed by atoms with Crippen molar-refractivity contribution in [2.45, 2.75) is 77.0 Å². The summed E-state index contributed by atoms with van der Waals surface area (Å²) >= 11 is 0. The van der Waals surface area contributed by atoms with Gasteiger partial charge in [-0.15, -0.1) is 0 Å². The van der Waals surface area contributed by atoms with E-state index < -0.39 is 0 Å². The summed E-state index contributed by atoms with van der Waals surface area (Å²) in [5.41, 5.74) is 42.2. The molecule has 0 aliphatic rings. The number of rotatable bonds is 25. The van der Waals surface area contributed by atoms with Crippen molar-refractivity contribution < 1.29 is 0 Å². The molecule has 0 aliphatic carbocycles. The summed E-state index contributed by atoms with van der Waals surface area (Å²) in [4.78, 5) is 0. The molecular weight excluding hydrogens is 466 g/mol. The minimum Gasteiger partial charge on any atom is -0.330 e. The second-order valence-corrected chi connectivity index (χ2v) is 8.80. The lowest BCUT2D eigenvalue weighted by Crippen LogP contribution is -2.22. The normalized spacial score (nSPS) is 10.1. The second-order valence-electron chi connectivity index (χ2n) is 8.80. The Balaban J connectivity index is -0.000000208. The van der Waals surface area contributed by atoms with Crippen LogP contribution >= 0.6 is 0 Å². The Bertz CT molecular complexity index is 286. The maximum atomic E-state index is 5.38. The van der Waals surface area contributed by atoms with Crippen LogP contribution in [-0.2, 0) is 0 Å². The fraction of sp³-hybridized carbons (Fsp3) is 1.00. The van der Waals surface area contributed by atoms with Gasteiger partial charge in [-0.2, -0.15) is 0 Å². The van der Waals surface area contributed by atoms with Crippen molar-refractivity contribution in [1.29, 1.82) is 0 Å². The summed E-state index contributed by atoms with van der Waals surface area (Å²) in [7, 11) is 0. The van der Waals surface area contributed by atoms with Crippen molar-refractivity contribution in [3.05, 3.63) is 0 Å². The van der Waals surface area contributed by atoms with Crippen LogP contribution in [0.4, 0.5) is 0 Å². The molecule has 0 saturated carbocycles. The smallest absolute Gasteiger partial charge is 0.00369 e. The van der Waals surface area contributed by atoms with Gasteiger partial charge in [-0.1, -0.05) is 6.42 Å². The zero-order chi connectivity index (χ0) is 28.5. The molecule has 0 rings (SSSR count). The molecule has 0 aromatic carbocycles. The van der Waals surface area contributed by atoms with E-state index in [4.69, 9.17) is 45.9 Å². The molecule has 0 amide bonds. The van der Waals surface area contributed by atoms with Gasteiger partial charge in [0.2, 0.25) is 0 Å². The van der Waals surface area contributed by atoms with Gasteiger partial charge in [0.15, 0.2) is 0 Å². The highest BCUT2D eigenvalue weighted by Gasteiger charge is 1.89. The first-order valence-corrected chi connectivity index (χ1v) is 14.9. The molecule has 19 N–H and O–H groups in total. The molecule has 230 valence electrons. The van der Waals surface area contributed by atoms with Gasteiger partial charge in [0.05, 0.1) is 0 Å². The zero-order valence-corrected chi connectivity index (χ0v) is 24.5. The van der Waals surface area contributed by atoms with Crippen molar-refractivity contribution >= 4 is 0 Å². The summed E-state index contributed by atoms with van der Waals surface area (Å²) in [5.74, 6) is 0. The monoisotopic (exact) mass is 538 g/mol. The Morgan fingerprint density at radius 3 is 0.676 bits per heavy atom. The standard InChI is InChI=1S/C10H26N4.C7H19N3.C5H14N2.C4H12N2/c11-5-3-9-13-7-1-2-8-14-10-4-6-12;8-4-1-2-6-10-7-3-5-9;6-4-2-1-3-5-7;5-3-1-2-4-6/h13-14H,1-12H2;10H,1-9H2;1-7H2;1-6H2. The van der Waals surface area contributed by atoms with E-state index in [0.29, 0.717) is 0 Å². The van der Waals surface area contributed by atoms with Crippen molar-refractivity contribution in [3.63, 3.8) is 0 Å². The second kappa shape index (κ2) is 52.1. The summed E-state index contributed by atoms with van der Waals surface area (Å²) in [6.45, 7) is 12.8. The molecule has 11 nitrogen and oxygen atoms in total. The molecule has 0 aromatic rings. The van der Waals surface area contributed by atoms with Crippen LogP contribution in [0.2, 0.25) is 0 Å². The first-order chi connectivity index (χ1) is 18.2. The predicted octanol–water partition coefficient (Wildman–Crippen LogP) is -0.935. The van der Waals surface area contributed by atoms with Gasteiger partial charge in [0, 0.05) is 0 Å². The van der Waals surface area contributed by atoms with E-state index in [1.807, 2.05) is 0 Å². The zero-order valence-electron chi connectivity index (χ0n) is 24.5. The highest BCUT2D eigenvalue weighted by atomic mass is 14.9. The minimum absolute atomic E-state index is 0.775. The van der Waals surface area contributed by atoms with E-state index in [1.165, 1.54) is 25.7 Å². The summed E-state index contributed by atoms with van der Waals surface area (Å²) in [6, 6.07) is 0. The van der Waals surface area contributed by atoms with Crippen molar-refractivity contribution in [3.8, 4) is 0 Å². The fourth-order valence-corrected chi connectivity index (χ4v) is 2.70. The van der Waals surface area contributed by atoms with Crippen molar-refractivity contribution in [1.82, 2.24) is 16.0 Å². The summed E-state index contributed by atoms with van der Waals surface area (Å²) in [6.07, 6.45) is 13.6. The average Bonchev–Trinajstić information content (AvgIpc) is 2.92. The van der Waals surface area contributed by atoms with E-state index in [9.17, 15) is 0 Å². The van der Waals surface area contributed by atoms with Crippen LogP contribution in [0.5, 0.6) is 0 Å². The Labute approximate surface area is 230 Å². The topological polar surface area (TPSA) is 244 Å². The lowest BCUT2D eigenvalue weighted by molar-refractivity contribution is 0.570. The quantitative estimate of drug-likeness (QED) is 0.0634. The lowest BCUT2D eigenvalue weighted by Gasteiger charge is -2.04. The number of hydrogen-bond acceptors (Lipinski definition) is 11. The molecule has 37 heavy (non-hydrogen) atoms. The van der Waals surface area contributed by atoms with Crippen LogP contribution in [0.1, 0.15) is 77.0 Å². The van der Waals surface area contributed by atoms with E-state index >= 15 is 0 Å². The van der Waals surface area contributed by atoms with Gasteiger partial charge >= 0.3 is 0 Å². The van der Waals surface area contributed by atoms with Gasteiger partial charge in [-0.25, -0.2) is 0 Å². The van der Waals surface area contributed by atoms with E-state index in [2.05, 4.69) is 16.0 Å². The maximum absolute atomic E-state index is 5.38. The SMILES string of the molecule is NCCCCCN.NCCCCN.NCCCCNCCCN.NCCCNCCCCNCCCN. The third-order valence-corrected chi connectivity index (χ3v) is 5.00. The number of unbranched alkanes of at least 4 members (excludes halogenated alkanes) is 5. The molecule has 11 heteroatoms. The largest absolute Gasteiger partial charge is 0.330 e. The number of nitrogens with one attached hydrogen (secondary N) is 3. The molecule has 0 saturated heterocycles. The average molecular weight is 538 g/mol. The Kier molecular flexibility index (Phi) is 61.4. The van der Waals surface area contributed by atoms with Gasteiger partial charge in [-0.3, -0.25) is 0 Å². The fourth-order valence-electron chi connectivity index (χ4n) is 2.70. The molecule has 0 atom stereocenters. The maximum Gasteiger partial charge on any atom is -0.00369 e. The van der Waals surface area contributed by atoms with Gasteiger partial charge in [0.1, 0.15) is 0 Å². The Hall–Kier alpha value is -0.440. The van der Waals surface area contributed by atoms with E-state index in [0.717, 1.165) is 143 Å². The highest BCUT2D eigenvalue weighted by Crippen LogP contribution is 1.88.